The Kier molecular flexibility index (Phi) is 6.29. The molecule has 0 unspecified atom stereocenters. The molecule has 2 fully saturated rings. The van der Waals surface area contributed by atoms with Crippen molar-refractivity contribution < 1.29 is 13.9 Å². The van der Waals surface area contributed by atoms with Crippen molar-refractivity contribution in [3.05, 3.63) is 81.8 Å². The molecule has 3 heterocycles. The van der Waals surface area contributed by atoms with Crippen LogP contribution in [-0.4, -0.2) is 64.7 Å². The second-order valence-electron chi connectivity index (χ2n) is 8.19. The van der Waals surface area contributed by atoms with Crippen molar-refractivity contribution in [1.82, 2.24) is 20.0 Å². The first-order chi connectivity index (χ1) is 16.0. The number of nitrogens with zero attached hydrogens (tertiary/aromatic N) is 4. The van der Waals surface area contributed by atoms with Crippen LogP contribution in [0.15, 0.2) is 54.9 Å². The molecule has 2 aliphatic heterocycles. The number of carbonyl (C=O) groups excluding carboxylic acids is 1. The predicted octanol–water partition coefficient (Wildman–Crippen LogP) is 4.49. The molecule has 0 aliphatic carbocycles. The zero-order valence-corrected chi connectivity index (χ0v) is 19.1. The van der Waals surface area contributed by atoms with Gasteiger partial charge in [0.1, 0.15) is 5.82 Å². The van der Waals surface area contributed by atoms with E-state index in [-0.39, 0.29) is 23.1 Å². The second kappa shape index (κ2) is 9.35. The van der Waals surface area contributed by atoms with Gasteiger partial charge in [-0.15, -0.1) is 0 Å². The van der Waals surface area contributed by atoms with E-state index in [0.29, 0.717) is 36.8 Å². The average molecular weight is 487 g/mol. The largest absolute Gasteiger partial charge is 0.370 e. The smallest absolute Gasteiger partial charge is 0.255 e. The van der Waals surface area contributed by atoms with E-state index in [1.54, 1.807) is 30.6 Å². The first kappa shape index (κ1) is 22.2. The van der Waals surface area contributed by atoms with Gasteiger partial charge in [-0.05, 0) is 29.8 Å². The summed E-state index contributed by atoms with van der Waals surface area (Å²) >= 11 is 12.6. The van der Waals surface area contributed by atoms with Gasteiger partial charge in [-0.2, -0.15) is 10.2 Å². The molecule has 2 aromatic carbocycles. The van der Waals surface area contributed by atoms with Crippen LogP contribution >= 0.6 is 23.2 Å². The molecule has 0 radical (unpaired) electrons. The molecule has 170 valence electrons. The van der Waals surface area contributed by atoms with Crippen molar-refractivity contribution in [3.63, 3.8) is 0 Å². The minimum atomic E-state index is -0.441. The van der Waals surface area contributed by atoms with Gasteiger partial charge in [0.25, 0.3) is 5.91 Å². The highest BCUT2D eigenvalue weighted by Gasteiger charge is 2.36. The van der Waals surface area contributed by atoms with Crippen LogP contribution in [0.25, 0.3) is 11.1 Å². The first-order valence-electron chi connectivity index (χ1n) is 10.7. The van der Waals surface area contributed by atoms with Gasteiger partial charge < -0.3 is 9.64 Å². The average Bonchev–Trinajstić information content (AvgIpc) is 2.85. The molecule has 5 rings (SSSR count). The van der Waals surface area contributed by atoms with E-state index in [9.17, 15) is 9.18 Å². The lowest BCUT2D eigenvalue weighted by atomic mass is 10.0. The predicted molar refractivity (Wildman–Crippen MR) is 124 cm³/mol. The molecule has 3 aromatic rings. The third-order valence-corrected chi connectivity index (χ3v) is 6.92. The number of amides is 1. The number of carbonyl (C=O) groups is 1. The Morgan fingerprint density at radius 2 is 1.97 bits per heavy atom. The Labute approximate surface area is 200 Å². The fourth-order valence-corrected chi connectivity index (χ4v) is 4.93. The van der Waals surface area contributed by atoms with Gasteiger partial charge in [-0.1, -0.05) is 41.4 Å². The Morgan fingerprint density at radius 3 is 2.76 bits per heavy atom. The number of morpholine rings is 1. The zero-order valence-electron chi connectivity index (χ0n) is 17.6. The summed E-state index contributed by atoms with van der Waals surface area (Å²) < 4.78 is 19.6. The van der Waals surface area contributed by atoms with Gasteiger partial charge in [0.05, 0.1) is 46.8 Å². The first-order valence-corrected chi connectivity index (χ1v) is 11.4. The lowest BCUT2D eigenvalue weighted by Gasteiger charge is -2.46. The molecule has 33 heavy (non-hydrogen) atoms. The molecule has 2 aliphatic rings. The summed E-state index contributed by atoms with van der Waals surface area (Å²) in [6.45, 7) is 2.99. The lowest BCUT2D eigenvalue weighted by molar-refractivity contribution is -0.0858. The quantitative estimate of drug-likeness (QED) is 0.545. The molecule has 6 nitrogen and oxygen atoms in total. The highest BCUT2D eigenvalue weighted by atomic mass is 35.5. The van der Waals surface area contributed by atoms with Crippen LogP contribution in [0.4, 0.5) is 4.39 Å². The summed E-state index contributed by atoms with van der Waals surface area (Å²) in [6.07, 6.45) is 3.04. The monoisotopic (exact) mass is 486 g/mol. The Balaban J connectivity index is 1.28. The summed E-state index contributed by atoms with van der Waals surface area (Å²) in [7, 11) is 0. The topological polar surface area (TPSA) is 58.6 Å². The standard InChI is InChI=1S/C24H21Cl2FN4O2/c25-20-10-15(4-5-21(20)27)22-13-30-8-9-31(12-17(30)14-33-22)24(32)19-3-1-2-18(23(19)26)16-6-7-28-29-11-16/h1-7,10-11,17,22H,8-9,12-14H2/t17-,22-/m0/s1. The van der Waals surface area contributed by atoms with E-state index < -0.39 is 5.82 Å². The van der Waals surface area contributed by atoms with Crippen LogP contribution in [0.5, 0.6) is 0 Å². The van der Waals surface area contributed by atoms with E-state index in [1.165, 1.54) is 6.07 Å². The third kappa shape index (κ3) is 4.46. The maximum absolute atomic E-state index is 13.5. The molecule has 0 saturated carbocycles. The van der Waals surface area contributed by atoms with Gasteiger partial charge in [0, 0.05) is 37.3 Å². The number of benzene rings is 2. The van der Waals surface area contributed by atoms with Crippen molar-refractivity contribution in [3.8, 4) is 11.1 Å². The highest BCUT2D eigenvalue weighted by molar-refractivity contribution is 6.36. The number of piperazine rings is 1. The molecule has 2 saturated heterocycles. The van der Waals surface area contributed by atoms with Crippen molar-refractivity contribution in [2.75, 3.05) is 32.8 Å². The van der Waals surface area contributed by atoms with Gasteiger partial charge in [0.15, 0.2) is 0 Å². The fourth-order valence-electron chi connectivity index (χ4n) is 4.42. The van der Waals surface area contributed by atoms with Crippen LogP contribution in [-0.2, 0) is 4.74 Å². The second-order valence-corrected chi connectivity index (χ2v) is 8.98. The minimum absolute atomic E-state index is 0.0845. The van der Waals surface area contributed by atoms with Gasteiger partial charge >= 0.3 is 0 Å². The molecule has 9 heteroatoms. The van der Waals surface area contributed by atoms with Crippen LogP contribution in [0.2, 0.25) is 10.0 Å². The van der Waals surface area contributed by atoms with E-state index >= 15 is 0 Å². The molecule has 0 spiro atoms. The van der Waals surface area contributed by atoms with Gasteiger partial charge in [-0.25, -0.2) is 4.39 Å². The van der Waals surface area contributed by atoms with Crippen LogP contribution in [0.1, 0.15) is 22.0 Å². The summed E-state index contributed by atoms with van der Waals surface area (Å²) in [5.41, 5.74) is 2.88. The zero-order chi connectivity index (χ0) is 22.9. The molecular formula is C24H21Cl2FN4O2. The number of fused-ring (bicyclic) bond motifs is 1. The molecular weight excluding hydrogens is 466 g/mol. The number of hydrogen-bond donors (Lipinski definition) is 0. The third-order valence-electron chi connectivity index (χ3n) is 6.22. The molecule has 2 atom stereocenters. The number of aromatic nitrogens is 2. The summed E-state index contributed by atoms with van der Waals surface area (Å²) in [5, 5.41) is 8.20. The van der Waals surface area contributed by atoms with Gasteiger partial charge in [0.2, 0.25) is 0 Å². The Hall–Kier alpha value is -2.58. The van der Waals surface area contributed by atoms with Crippen LogP contribution < -0.4 is 0 Å². The molecule has 0 N–H and O–H groups in total. The van der Waals surface area contributed by atoms with Crippen molar-refractivity contribution in [1.29, 1.82) is 0 Å². The summed E-state index contributed by atoms with van der Waals surface area (Å²) in [4.78, 5) is 17.5. The van der Waals surface area contributed by atoms with Crippen molar-refractivity contribution in [2.24, 2.45) is 0 Å². The molecule has 0 bridgehead atoms. The highest BCUT2D eigenvalue weighted by Crippen LogP contribution is 2.33. The minimum Gasteiger partial charge on any atom is -0.370 e. The van der Waals surface area contributed by atoms with Crippen molar-refractivity contribution >= 4 is 29.1 Å². The number of hydrogen-bond acceptors (Lipinski definition) is 5. The summed E-state index contributed by atoms with van der Waals surface area (Å²) in [6, 6.07) is 12.0. The number of ether oxygens (including phenoxy) is 1. The fraction of sp³-hybridized carbons (Fsp3) is 0.292. The van der Waals surface area contributed by atoms with E-state index in [2.05, 4.69) is 15.1 Å². The molecule has 1 amide bonds. The number of rotatable bonds is 3. The molecule has 1 aromatic heterocycles. The number of halogens is 3. The van der Waals surface area contributed by atoms with E-state index in [0.717, 1.165) is 23.2 Å². The van der Waals surface area contributed by atoms with Crippen molar-refractivity contribution in [2.45, 2.75) is 12.1 Å². The lowest BCUT2D eigenvalue weighted by Crippen LogP contribution is -2.59. The Bertz CT molecular complexity index is 1180. The van der Waals surface area contributed by atoms with Gasteiger partial charge in [-0.3, -0.25) is 9.69 Å². The maximum Gasteiger partial charge on any atom is 0.255 e. The van der Waals surface area contributed by atoms with Crippen LogP contribution in [0.3, 0.4) is 0 Å². The maximum atomic E-state index is 13.5. The SMILES string of the molecule is O=C(c1cccc(-c2ccnnc2)c1Cl)N1CCN2C[C@@H](c3ccc(F)c(Cl)c3)OC[C@@H]2C1. The summed E-state index contributed by atoms with van der Waals surface area (Å²) in [5.74, 6) is -0.542. The van der Waals surface area contributed by atoms with Crippen LogP contribution in [0, 0.1) is 5.82 Å². The van der Waals surface area contributed by atoms with E-state index in [1.807, 2.05) is 23.1 Å². The normalized spacial score (nSPS) is 21.0. The Morgan fingerprint density at radius 1 is 1.09 bits per heavy atom. The van der Waals surface area contributed by atoms with E-state index in [4.69, 9.17) is 27.9 Å².